The summed E-state index contributed by atoms with van der Waals surface area (Å²) in [6, 6.07) is 50.4. The van der Waals surface area contributed by atoms with Crippen molar-refractivity contribution in [3.05, 3.63) is 197 Å². The van der Waals surface area contributed by atoms with Crippen LogP contribution in [-0.4, -0.2) is 37.5 Å². The van der Waals surface area contributed by atoms with Gasteiger partial charge in [0.05, 0.1) is 22.1 Å². The van der Waals surface area contributed by atoms with Crippen LogP contribution in [0.25, 0.3) is 0 Å². The molecule has 6 aromatic carbocycles. The summed E-state index contributed by atoms with van der Waals surface area (Å²) >= 11 is 0. The maximum Gasteiger partial charge on any atom is 0.255 e. The Labute approximate surface area is 334 Å². The van der Waals surface area contributed by atoms with Gasteiger partial charge in [-0.15, -0.1) is 0 Å². The summed E-state index contributed by atoms with van der Waals surface area (Å²) < 4.78 is 19.5. The van der Waals surface area contributed by atoms with E-state index in [9.17, 15) is 14.4 Å². The number of nitrogens with one attached hydrogen (secondary N) is 3. The summed E-state index contributed by atoms with van der Waals surface area (Å²) in [7, 11) is 0. The minimum absolute atomic E-state index is 0.0945. The van der Waals surface area contributed by atoms with Crippen LogP contribution >= 0.6 is 0 Å². The van der Waals surface area contributed by atoms with Gasteiger partial charge in [0.15, 0.2) is 0 Å². The van der Waals surface area contributed by atoms with Crippen molar-refractivity contribution in [1.29, 1.82) is 0 Å². The highest BCUT2D eigenvalue weighted by molar-refractivity contribution is 5.98. The van der Waals surface area contributed by atoms with Crippen LogP contribution in [0.15, 0.2) is 164 Å². The lowest BCUT2D eigenvalue weighted by atomic mass is 9.87. The number of para-hydroxylation sites is 3. The third kappa shape index (κ3) is 11.3. The molecule has 0 fully saturated rings. The summed E-state index contributed by atoms with van der Waals surface area (Å²) in [6.07, 6.45) is 0.528. The zero-order chi connectivity index (χ0) is 39.7. The average Bonchev–Trinajstić information content (AvgIpc) is 3.28. The molecule has 9 nitrogen and oxygen atoms in total. The highest BCUT2D eigenvalue weighted by Gasteiger charge is 2.34. The predicted molar refractivity (Wildman–Crippen MR) is 221 cm³/mol. The van der Waals surface area contributed by atoms with Crippen LogP contribution < -0.4 is 30.2 Å². The molecular formula is C48H47N3O6. The Kier molecular flexibility index (Phi) is 14.1. The van der Waals surface area contributed by atoms with Gasteiger partial charge < -0.3 is 30.2 Å². The topological polar surface area (TPSA) is 115 Å². The first-order valence-corrected chi connectivity index (χ1v) is 19.0. The Morgan fingerprint density at radius 1 is 0.404 bits per heavy atom. The van der Waals surface area contributed by atoms with Crippen molar-refractivity contribution in [2.24, 2.45) is 5.41 Å². The molecule has 0 heterocycles. The fourth-order valence-electron chi connectivity index (χ4n) is 6.08. The second-order valence-corrected chi connectivity index (χ2v) is 13.7. The number of hydrogen-bond donors (Lipinski definition) is 3. The monoisotopic (exact) mass is 761 g/mol. The van der Waals surface area contributed by atoms with Gasteiger partial charge in [-0.3, -0.25) is 14.4 Å². The van der Waals surface area contributed by atoms with Gasteiger partial charge in [-0.05, 0) is 59.5 Å². The van der Waals surface area contributed by atoms with Crippen LogP contribution in [-0.2, 0) is 19.6 Å². The molecule has 290 valence electrons. The highest BCUT2D eigenvalue weighted by Crippen LogP contribution is 2.31. The van der Waals surface area contributed by atoms with E-state index in [0.29, 0.717) is 60.0 Å². The van der Waals surface area contributed by atoms with Crippen molar-refractivity contribution in [1.82, 2.24) is 16.0 Å². The van der Waals surface area contributed by atoms with Gasteiger partial charge in [-0.25, -0.2) is 0 Å². The highest BCUT2D eigenvalue weighted by atomic mass is 16.5. The van der Waals surface area contributed by atoms with E-state index < -0.39 is 5.41 Å². The molecule has 0 atom stereocenters. The number of carbonyl (C=O) groups is 3. The van der Waals surface area contributed by atoms with Crippen LogP contribution in [0.3, 0.4) is 0 Å². The van der Waals surface area contributed by atoms with Crippen molar-refractivity contribution < 1.29 is 28.6 Å². The number of amides is 3. The summed E-state index contributed by atoms with van der Waals surface area (Å²) in [5.74, 6) is 0.409. The van der Waals surface area contributed by atoms with E-state index in [1.165, 1.54) is 0 Å². The van der Waals surface area contributed by atoms with Crippen LogP contribution in [0.1, 0.15) is 61.1 Å². The Morgan fingerprint density at radius 2 is 0.667 bits per heavy atom. The molecule has 0 saturated carbocycles. The molecule has 3 amide bonds. The normalized spacial score (nSPS) is 10.9. The lowest BCUT2D eigenvalue weighted by Gasteiger charge is -2.33. The van der Waals surface area contributed by atoms with Crippen LogP contribution in [0.4, 0.5) is 0 Å². The first-order valence-electron chi connectivity index (χ1n) is 19.0. The molecule has 0 aromatic heterocycles. The van der Waals surface area contributed by atoms with Gasteiger partial charge in [0, 0.05) is 19.6 Å². The van der Waals surface area contributed by atoms with Crippen LogP contribution in [0, 0.1) is 5.41 Å². The molecule has 6 rings (SSSR count). The second kappa shape index (κ2) is 20.2. The lowest BCUT2D eigenvalue weighted by Crippen LogP contribution is -2.41. The first kappa shape index (κ1) is 39.8. The van der Waals surface area contributed by atoms with Crippen LogP contribution in [0.5, 0.6) is 17.2 Å². The van der Waals surface area contributed by atoms with E-state index in [0.717, 1.165) is 16.7 Å². The number of benzene rings is 6. The molecule has 0 bridgehead atoms. The molecule has 0 aliphatic rings. The molecule has 6 aromatic rings. The number of carbonyl (C=O) groups excluding carboxylic acids is 3. The number of rotatable bonds is 19. The van der Waals surface area contributed by atoms with Crippen LogP contribution in [0.2, 0.25) is 0 Å². The van der Waals surface area contributed by atoms with E-state index >= 15 is 0 Å². The van der Waals surface area contributed by atoms with E-state index in [2.05, 4.69) is 16.0 Å². The Balaban J connectivity index is 1.21. The Hall–Kier alpha value is -6.87. The van der Waals surface area contributed by atoms with Gasteiger partial charge in [-0.2, -0.15) is 0 Å². The van der Waals surface area contributed by atoms with Gasteiger partial charge in [0.2, 0.25) is 0 Å². The Morgan fingerprint density at radius 3 is 0.947 bits per heavy atom. The second-order valence-electron chi connectivity index (χ2n) is 13.7. The molecular weight excluding hydrogens is 715 g/mol. The molecule has 9 heteroatoms. The molecule has 0 saturated heterocycles. The van der Waals surface area contributed by atoms with Gasteiger partial charge in [0.1, 0.15) is 37.1 Å². The first-order chi connectivity index (χ1) is 27.9. The largest absolute Gasteiger partial charge is 0.492 e. The fraction of sp³-hybridized carbons (Fsp3) is 0.188. The number of ether oxygens (including phenoxy) is 3. The Bertz CT molecular complexity index is 1970. The molecule has 0 radical (unpaired) electrons. The van der Waals surface area contributed by atoms with Crippen molar-refractivity contribution in [3.63, 3.8) is 0 Å². The standard InChI is InChI=1S/C48H47N3O6/c1-2-48(33-55-42-27-15-12-24-39(42)45(52)49-30-36-18-6-3-7-19-36,34-56-43-28-16-13-25-40(43)46(53)50-31-37-20-8-4-9-21-37)35-57-44-29-17-14-26-41(44)47(54)51-32-38-22-10-5-11-23-38/h3-29H,2,30-35H2,1H3,(H,49,52)(H,50,53)(H,51,54). The van der Waals surface area contributed by atoms with Crippen molar-refractivity contribution in [2.75, 3.05) is 19.8 Å². The molecule has 0 aliphatic carbocycles. The zero-order valence-corrected chi connectivity index (χ0v) is 32.0. The zero-order valence-electron chi connectivity index (χ0n) is 32.0. The van der Waals surface area contributed by atoms with Crippen molar-refractivity contribution >= 4 is 17.7 Å². The van der Waals surface area contributed by atoms with E-state index in [4.69, 9.17) is 14.2 Å². The van der Waals surface area contributed by atoms with E-state index in [1.54, 1.807) is 54.6 Å². The summed E-state index contributed by atoms with van der Waals surface area (Å²) in [4.78, 5) is 40.3. The quantitative estimate of drug-likeness (QED) is 0.0764. The maximum atomic E-state index is 13.4. The molecule has 3 N–H and O–H groups in total. The fourth-order valence-corrected chi connectivity index (χ4v) is 6.08. The lowest BCUT2D eigenvalue weighted by molar-refractivity contribution is 0.0284. The molecule has 0 aliphatic heterocycles. The van der Waals surface area contributed by atoms with Gasteiger partial charge >= 0.3 is 0 Å². The number of hydrogen-bond acceptors (Lipinski definition) is 6. The summed E-state index contributed by atoms with van der Waals surface area (Å²) in [6.45, 7) is 3.39. The van der Waals surface area contributed by atoms with Crippen molar-refractivity contribution in [3.8, 4) is 17.2 Å². The van der Waals surface area contributed by atoms with Gasteiger partial charge in [-0.1, -0.05) is 134 Å². The summed E-state index contributed by atoms with van der Waals surface area (Å²) in [5.41, 5.74) is 3.29. The third-order valence-electron chi connectivity index (χ3n) is 9.63. The maximum absolute atomic E-state index is 13.4. The van der Waals surface area contributed by atoms with Crippen molar-refractivity contribution in [2.45, 2.75) is 33.0 Å². The van der Waals surface area contributed by atoms with E-state index in [1.807, 2.05) is 116 Å². The smallest absolute Gasteiger partial charge is 0.255 e. The predicted octanol–water partition coefficient (Wildman–Crippen LogP) is 8.41. The minimum Gasteiger partial charge on any atom is -0.492 e. The third-order valence-corrected chi connectivity index (χ3v) is 9.63. The summed E-state index contributed by atoms with van der Waals surface area (Å²) in [5, 5.41) is 8.97. The molecule has 57 heavy (non-hydrogen) atoms. The SMILES string of the molecule is CCC(COc1ccccc1C(=O)NCc1ccccc1)(COc1ccccc1C(=O)NCc1ccccc1)COc1ccccc1C(=O)NCc1ccccc1. The molecule has 0 spiro atoms. The average molecular weight is 762 g/mol. The van der Waals surface area contributed by atoms with E-state index in [-0.39, 0.29) is 37.5 Å². The minimum atomic E-state index is -0.811. The van der Waals surface area contributed by atoms with Gasteiger partial charge in [0.25, 0.3) is 17.7 Å². The molecule has 0 unspecified atom stereocenters.